The lowest BCUT2D eigenvalue weighted by atomic mass is 9.95. The van der Waals surface area contributed by atoms with E-state index in [9.17, 15) is 4.79 Å². The molecular formula is C34H32N6O. The molecule has 0 saturated heterocycles. The SMILES string of the molecule is CCc1nc2c(c(=O)n1C1CCCCC1)c1nc3ccccc3nc1n2-c1ccc2c(c1)c1ccccc1n2CC. The van der Waals surface area contributed by atoms with Crippen LogP contribution in [0.15, 0.2) is 71.5 Å². The van der Waals surface area contributed by atoms with Gasteiger partial charge in [0.2, 0.25) is 0 Å². The van der Waals surface area contributed by atoms with Crippen molar-refractivity contribution in [3.8, 4) is 5.69 Å². The first-order valence-corrected chi connectivity index (χ1v) is 14.9. The van der Waals surface area contributed by atoms with E-state index in [4.69, 9.17) is 15.0 Å². The minimum absolute atomic E-state index is 0.00995. The lowest BCUT2D eigenvalue weighted by molar-refractivity contribution is 0.337. The Balaban J connectivity index is 1.50. The number of aryl methyl sites for hydroxylation is 2. The molecule has 4 aromatic heterocycles. The molecule has 0 N–H and O–H groups in total. The van der Waals surface area contributed by atoms with Gasteiger partial charge in [0, 0.05) is 46.5 Å². The Morgan fingerprint density at radius 3 is 2.29 bits per heavy atom. The second-order valence-corrected chi connectivity index (χ2v) is 11.2. The number of hydrogen-bond acceptors (Lipinski definition) is 4. The van der Waals surface area contributed by atoms with Crippen molar-refractivity contribution >= 4 is 55.0 Å². The highest BCUT2D eigenvalue weighted by Gasteiger charge is 2.26. The molecule has 0 bridgehead atoms. The van der Waals surface area contributed by atoms with Crippen LogP contribution in [0.2, 0.25) is 0 Å². The summed E-state index contributed by atoms with van der Waals surface area (Å²) in [5, 5.41) is 2.96. The van der Waals surface area contributed by atoms with Crippen LogP contribution >= 0.6 is 0 Å². The van der Waals surface area contributed by atoms with E-state index in [1.807, 2.05) is 28.8 Å². The number of para-hydroxylation sites is 3. The predicted octanol–water partition coefficient (Wildman–Crippen LogP) is 7.48. The fourth-order valence-corrected chi connectivity index (χ4v) is 7.08. The Morgan fingerprint density at radius 1 is 0.780 bits per heavy atom. The molecule has 8 rings (SSSR count). The van der Waals surface area contributed by atoms with Crippen molar-refractivity contribution in [1.82, 2.24) is 28.7 Å². The van der Waals surface area contributed by atoms with E-state index in [1.165, 1.54) is 28.2 Å². The smallest absolute Gasteiger partial charge is 0.265 e. The van der Waals surface area contributed by atoms with Crippen molar-refractivity contribution in [2.45, 2.75) is 65.0 Å². The van der Waals surface area contributed by atoms with Gasteiger partial charge < -0.3 is 4.57 Å². The van der Waals surface area contributed by atoms with Gasteiger partial charge in [-0.25, -0.2) is 15.0 Å². The molecule has 7 heteroatoms. The van der Waals surface area contributed by atoms with Crippen molar-refractivity contribution in [1.29, 1.82) is 0 Å². The topological polar surface area (TPSA) is 70.5 Å². The molecule has 3 aromatic carbocycles. The van der Waals surface area contributed by atoms with Gasteiger partial charge in [-0.2, -0.15) is 0 Å². The Morgan fingerprint density at radius 2 is 1.51 bits per heavy atom. The molecule has 0 spiro atoms. The van der Waals surface area contributed by atoms with E-state index >= 15 is 0 Å². The van der Waals surface area contributed by atoms with Gasteiger partial charge in [-0.05, 0) is 56.2 Å². The first kappa shape index (κ1) is 24.3. The average molecular weight is 541 g/mol. The largest absolute Gasteiger partial charge is 0.341 e. The molecule has 0 unspecified atom stereocenters. The Kier molecular flexibility index (Phi) is 5.49. The maximum absolute atomic E-state index is 14.5. The van der Waals surface area contributed by atoms with E-state index < -0.39 is 0 Å². The van der Waals surface area contributed by atoms with Crippen molar-refractivity contribution < 1.29 is 0 Å². The molecule has 1 fully saturated rings. The maximum atomic E-state index is 14.5. The highest BCUT2D eigenvalue weighted by Crippen LogP contribution is 2.35. The quantitative estimate of drug-likeness (QED) is 0.232. The third-order valence-electron chi connectivity index (χ3n) is 8.97. The van der Waals surface area contributed by atoms with Crippen molar-refractivity contribution in [3.05, 3.63) is 82.9 Å². The summed E-state index contributed by atoms with van der Waals surface area (Å²) in [7, 11) is 0. The molecule has 7 nitrogen and oxygen atoms in total. The third-order valence-corrected chi connectivity index (χ3v) is 8.97. The zero-order valence-corrected chi connectivity index (χ0v) is 23.5. The fourth-order valence-electron chi connectivity index (χ4n) is 7.08. The lowest BCUT2D eigenvalue weighted by Crippen LogP contribution is -2.30. The van der Waals surface area contributed by atoms with Crippen LogP contribution in [0, 0.1) is 0 Å². The number of rotatable bonds is 4. The predicted molar refractivity (Wildman–Crippen MR) is 166 cm³/mol. The van der Waals surface area contributed by atoms with E-state index in [0.29, 0.717) is 28.6 Å². The van der Waals surface area contributed by atoms with Gasteiger partial charge >= 0.3 is 0 Å². The number of benzene rings is 3. The summed E-state index contributed by atoms with van der Waals surface area (Å²) < 4.78 is 6.40. The van der Waals surface area contributed by atoms with Gasteiger partial charge in [-0.15, -0.1) is 0 Å². The number of fused-ring (bicyclic) bond motifs is 7. The normalized spacial score (nSPS) is 14.8. The van der Waals surface area contributed by atoms with E-state index in [2.05, 4.69) is 65.4 Å². The lowest BCUT2D eigenvalue weighted by Gasteiger charge is -2.26. The zero-order valence-electron chi connectivity index (χ0n) is 23.5. The highest BCUT2D eigenvalue weighted by atomic mass is 16.1. The molecule has 0 aliphatic heterocycles. The summed E-state index contributed by atoms with van der Waals surface area (Å²) in [6.07, 6.45) is 6.26. The average Bonchev–Trinajstić information content (AvgIpc) is 3.51. The minimum Gasteiger partial charge on any atom is -0.341 e. The highest BCUT2D eigenvalue weighted by molar-refractivity contribution is 6.10. The molecule has 1 aliphatic carbocycles. The second kappa shape index (κ2) is 9.26. The molecule has 0 atom stereocenters. The number of nitrogens with zero attached hydrogens (tertiary/aromatic N) is 6. The summed E-state index contributed by atoms with van der Waals surface area (Å²) in [5.74, 6) is 0.840. The van der Waals surface area contributed by atoms with Gasteiger partial charge in [0.15, 0.2) is 11.3 Å². The molecule has 204 valence electrons. The summed E-state index contributed by atoms with van der Waals surface area (Å²) in [5.41, 5.74) is 6.88. The Labute approximate surface area is 237 Å². The minimum atomic E-state index is 0.00995. The zero-order chi connectivity index (χ0) is 27.7. The van der Waals surface area contributed by atoms with Crippen LogP contribution in [-0.4, -0.2) is 28.7 Å². The Hall–Kier alpha value is -4.52. The third kappa shape index (κ3) is 3.51. The Bertz CT molecular complexity index is 2200. The van der Waals surface area contributed by atoms with Crippen LogP contribution in [-0.2, 0) is 13.0 Å². The van der Waals surface area contributed by atoms with Gasteiger partial charge in [0.1, 0.15) is 16.7 Å². The van der Waals surface area contributed by atoms with Crippen LogP contribution in [0.4, 0.5) is 0 Å². The molecular weight excluding hydrogens is 508 g/mol. The molecule has 1 aliphatic rings. The maximum Gasteiger partial charge on any atom is 0.265 e. The number of aromatic nitrogens is 6. The molecule has 1 saturated carbocycles. The first-order chi connectivity index (χ1) is 20.2. The fraction of sp³-hybridized carbons (Fsp3) is 0.294. The van der Waals surface area contributed by atoms with E-state index in [1.54, 1.807) is 0 Å². The first-order valence-electron chi connectivity index (χ1n) is 14.9. The van der Waals surface area contributed by atoms with Crippen molar-refractivity contribution in [2.24, 2.45) is 0 Å². The van der Waals surface area contributed by atoms with Gasteiger partial charge in [-0.3, -0.25) is 13.9 Å². The van der Waals surface area contributed by atoms with Crippen LogP contribution in [0.1, 0.15) is 57.8 Å². The van der Waals surface area contributed by atoms with Gasteiger partial charge in [0.05, 0.1) is 11.0 Å². The number of hydrogen-bond donors (Lipinski definition) is 0. The van der Waals surface area contributed by atoms with Crippen LogP contribution in [0.3, 0.4) is 0 Å². The molecule has 4 heterocycles. The van der Waals surface area contributed by atoms with Gasteiger partial charge in [-0.1, -0.05) is 56.5 Å². The van der Waals surface area contributed by atoms with E-state index in [-0.39, 0.29) is 11.6 Å². The van der Waals surface area contributed by atoms with Gasteiger partial charge in [0.25, 0.3) is 5.56 Å². The second-order valence-electron chi connectivity index (χ2n) is 11.2. The summed E-state index contributed by atoms with van der Waals surface area (Å²) in [4.78, 5) is 29.9. The molecule has 0 amide bonds. The molecule has 41 heavy (non-hydrogen) atoms. The van der Waals surface area contributed by atoms with Crippen LogP contribution < -0.4 is 5.56 Å². The van der Waals surface area contributed by atoms with E-state index in [0.717, 1.165) is 54.8 Å². The van der Waals surface area contributed by atoms with Crippen LogP contribution in [0.25, 0.3) is 60.7 Å². The molecule has 7 aromatic rings. The summed E-state index contributed by atoms with van der Waals surface area (Å²) in [6.45, 7) is 5.16. The van der Waals surface area contributed by atoms with Crippen LogP contribution in [0.5, 0.6) is 0 Å². The summed E-state index contributed by atoms with van der Waals surface area (Å²) in [6, 6.07) is 23.2. The van der Waals surface area contributed by atoms with Crippen molar-refractivity contribution in [2.75, 3.05) is 0 Å². The summed E-state index contributed by atoms with van der Waals surface area (Å²) >= 11 is 0. The standard InChI is InChI=1S/C34H32N6O/c1-3-29-37-32-30(34(41)39(29)21-12-6-5-7-13-21)31-33(36-26-16-10-9-15-25(26)35-31)40(32)22-18-19-28-24(20-22)23-14-8-11-17-27(23)38(28)4-2/h8-11,14-21H,3-7,12-13H2,1-2H3. The monoisotopic (exact) mass is 540 g/mol. The van der Waals surface area contributed by atoms with Crippen molar-refractivity contribution in [3.63, 3.8) is 0 Å². The molecule has 0 radical (unpaired) electrons.